The molecule has 0 radical (unpaired) electrons. The highest BCUT2D eigenvalue weighted by atomic mass is 32.2. The molecule has 2 heterocycles. The first-order valence-electron chi connectivity index (χ1n) is 8.47. The molecule has 0 fully saturated rings. The molecular weight excluding hydrogens is 389 g/mol. The SMILES string of the molecule is CO/N=S(\C)CCNc1nonc1-c1n[nH]c(=O)n1C1Cc2ccc(F)cc21. The van der Waals surface area contributed by atoms with Gasteiger partial charge in [0.2, 0.25) is 5.82 Å². The van der Waals surface area contributed by atoms with Crippen molar-refractivity contribution < 1.29 is 13.9 Å². The average molecular weight is 407 g/mol. The quantitative estimate of drug-likeness (QED) is 0.566. The number of hydrogen-bond donors (Lipinski definition) is 2. The number of halogens is 1. The molecular formula is C16H18FN7O3S. The Morgan fingerprint density at radius 3 is 3.18 bits per heavy atom. The van der Waals surface area contributed by atoms with Gasteiger partial charge in [0.15, 0.2) is 11.5 Å². The van der Waals surface area contributed by atoms with Gasteiger partial charge in [-0.3, -0.25) is 4.57 Å². The van der Waals surface area contributed by atoms with Crippen molar-refractivity contribution in [3.05, 3.63) is 45.6 Å². The number of fused-ring (bicyclic) bond motifs is 1. The summed E-state index contributed by atoms with van der Waals surface area (Å²) in [5.41, 5.74) is 1.66. The Morgan fingerprint density at radius 1 is 1.50 bits per heavy atom. The second kappa shape index (κ2) is 7.64. The van der Waals surface area contributed by atoms with Crippen LogP contribution < -0.4 is 11.0 Å². The maximum atomic E-state index is 13.6. The molecule has 1 aliphatic rings. The van der Waals surface area contributed by atoms with Crippen LogP contribution in [0, 0.1) is 5.82 Å². The maximum Gasteiger partial charge on any atom is 0.344 e. The summed E-state index contributed by atoms with van der Waals surface area (Å²) in [7, 11) is 1.25. The minimum atomic E-state index is -0.405. The van der Waals surface area contributed by atoms with E-state index in [0.29, 0.717) is 24.5 Å². The summed E-state index contributed by atoms with van der Waals surface area (Å²) in [6.45, 7) is 0.555. The lowest BCUT2D eigenvalue weighted by atomic mass is 9.83. The van der Waals surface area contributed by atoms with Gasteiger partial charge in [-0.1, -0.05) is 16.8 Å². The minimum Gasteiger partial charge on any atom is -0.364 e. The van der Waals surface area contributed by atoms with Crippen LogP contribution in [0.2, 0.25) is 0 Å². The molecule has 4 rings (SSSR count). The van der Waals surface area contributed by atoms with Gasteiger partial charge in [0.25, 0.3) is 0 Å². The molecule has 2 atom stereocenters. The zero-order valence-electron chi connectivity index (χ0n) is 15.2. The van der Waals surface area contributed by atoms with Crippen LogP contribution in [-0.4, -0.2) is 50.7 Å². The fourth-order valence-electron chi connectivity index (χ4n) is 3.17. The number of hydrogen-bond acceptors (Lipinski definition) is 8. The van der Waals surface area contributed by atoms with Crippen molar-refractivity contribution in [2.45, 2.75) is 12.5 Å². The highest BCUT2D eigenvalue weighted by molar-refractivity contribution is 7.86. The van der Waals surface area contributed by atoms with Gasteiger partial charge in [0, 0.05) is 12.3 Å². The lowest BCUT2D eigenvalue weighted by Gasteiger charge is -2.31. The van der Waals surface area contributed by atoms with Crippen molar-refractivity contribution in [2.75, 3.05) is 31.0 Å². The van der Waals surface area contributed by atoms with Crippen molar-refractivity contribution in [3.8, 4) is 11.5 Å². The number of anilines is 1. The summed E-state index contributed by atoms with van der Waals surface area (Å²) in [4.78, 5) is 17.1. The van der Waals surface area contributed by atoms with E-state index in [1.54, 1.807) is 6.07 Å². The third kappa shape index (κ3) is 3.36. The number of aromatic nitrogens is 5. The highest BCUT2D eigenvalue weighted by Crippen LogP contribution is 2.38. The molecule has 0 aliphatic heterocycles. The first-order chi connectivity index (χ1) is 13.6. The van der Waals surface area contributed by atoms with Crippen LogP contribution in [0.4, 0.5) is 10.2 Å². The number of benzene rings is 1. The molecule has 28 heavy (non-hydrogen) atoms. The van der Waals surface area contributed by atoms with E-state index >= 15 is 0 Å². The Kier molecular flexibility index (Phi) is 5.05. The van der Waals surface area contributed by atoms with Crippen LogP contribution in [0.25, 0.3) is 11.5 Å². The predicted octanol–water partition coefficient (Wildman–Crippen LogP) is 1.31. The Hall–Kier alpha value is -2.86. The molecule has 0 saturated carbocycles. The summed E-state index contributed by atoms with van der Waals surface area (Å²) in [6.07, 6.45) is 2.55. The fourth-order valence-corrected chi connectivity index (χ4v) is 3.90. The smallest absolute Gasteiger partial charge is 0.344 e. The van der Waals surface area contributed by atoms with Crippen LogP contribution in [0.15, 0.2) is 32.1 Å². The van der Waals surface area contributed by atoms with E-state index < -0.39 is 5.69 Å². The summed E-state index contributed by atoms with van der Waals surface area (Å²) >= 11 is 0. The van der Waals surface area contributed by atoms with Gasteiger partial charge < -0.3 is 5.32 Å². The summed E-state index contributed by atoms with van der Waals surface area (Å²) in [5, 5.41) is 17.4. The fraction of sp³-hybridized carbons (Fsp3) is 0.375. The third-order valence-electron chi connectivity index (χ3n) is 4.49. The number of H-pyrrole nitrogens is 1. The van der Waals surface area contributed by atoms with Crippen LogP contribution in [-0.2, 0) is 21.9 Å². The zero-order chi connectivity index (χ0) is 19.7. The van der Waals surface area contributed by atoms with Crippen LogP contribution in [0.1, 0.15) is 17.2 Å². The first kappa shape index (κ1) is 18.5. The van der Waals surface area contributed by atoms with Crippen LogP contribution in [0.5, 0.6) is 0 Å². The normalized spacial score (nSPS) is 16.6. The zero-order valence-corrected chi connectivity index (χ0v) is 16.0. The monoisotopic (exact) mass is 407 g/mol. The van der Waals surface area contributed by atoms with E-state index in [4.69, 9.17) is 9.47 Å². The maximum absolute atomic E-state index is 13.6. The van der Waals surface area contributed by atoms with Gasteiger partial charge in [-0.05, 0) is 46.2 Å². The van der Waals surface area contributed by atoms with E-state index in [-0.39, 0.29) is 28.4 Å². The lowest BCUT2D eigenvalue weighted by molar-refractivity contribution is 0.221. The minimum absolute atomic E-state index is 0.261. The van der Waals surface area contributed by atoms with E-state index in [2.05, 4.69) is 30.4 Å². The summed E-state index contributed by atoms with van der Waals surface area (Å²) < 4.78 is 23.9. The van der Waals surface area contributed by atoms with Crippen molar-refractivity contribution in [2.24, 2.45) is 4.53 Å². The predicted molar refractivity (Wildman–Crippen MR) is 100 cm³/mol. The molecule has 12 heteroatoms. The largest absolute Gasteiger partial charge is 0.364 e. The standard InChI is InChI=1S/C16H18FN7O3S/c1-26-23-28(2)6-5-18-14-13(21-27-22-14)15-19-20-16(25)24(15)12-7-9-3-4-10(17)8-11(9)12/h3-4,8,12H,5-7H2,1-2H3,(H,18,22)(H,20,25). The molecule has 1 aromatic carbocycles. The molecule has 2 N–H and O–H groups in total. The third-order valence-corrected chi connectivity index (χ3v) is 5.69. The topological polar surface area (TPSA) is 123 Å². The Balaban J connectivity index is 1.60. The number of aromatic amines is 1. The summed E-state index contributed by atoms with van der Waals surface area (Å²) in [5.74, 6) is 1.03. The van der Waals surface area contributed by atoms with Crippen molar-refractivity contribution in [1.82, 2.24) is 25.1 Å². The molecule has 3 aromatic rings. The molecule has 0 amide bonds. The molecule has 1 aliphatic carbocycles. The van der Waals surface area contributed by atoms with E-state index in [9.17, 15) is 9.18 Å². The molecule has 2 aromatic heterocycles. The van der Waals surface area contributed by atoms with Crippen molar-refractivity contribution in [1.29, 1.82) is 0 Å². The van der Waals surface area contributed by atoms with E-state index in [1.807, 2.05) is 6.26 Å². The van der Waals surface area contributed by atoms with Crippen LogP contribution in [0.3, 0.4) is 0 Å². The number of nitrogens with one attached hydrogen (secondary N) is 2. The molecule has 148 valence electrons. The molecule has 0 saturated heterocycles. The molecule has 0 spiro atoms. The summed E-state index contributed by atoms with van der Waals surface area (Å²) in [6, 6.07) is 4.26. The number of nitrogens with zero attached hydrogens (tertiary/aromatic N) is 5. The van der Waals surface area contributed by atoms with Crippen LogP contribution >= 0.6 is 0 Å². The molecule has 2 unspecified atom stereocenters. The highest BCUT2D eigenvalue weighted by Gasteiger charge is 2.33. The Morgan fingerprint density at radius 2 is 2.36 bits per heavy atom. The van der Waals surface area contributed by atoms with Gasteiger partial charge in [0.05, 0.1) is 13.2 Å². The van der Waals surface area contributed by atoms with Gasteiger partial charge >= 0.3 is 5.69 Å². The van der Waals surface area contributed by atoms with Gasteiger partial charge in [-0.15, -0.1) is 4.53 Å². The van der Waals surface area contributed by atoms with Gasteiger partial charge in [-0.2, -0.15) is 5.10 Å². The average Bonchev–Trinajstić information content (AvgIpc) is 3.25. The van der Waals surface area contributed by atoms with E-state index in [0.717, 1.165) is 16.9 Å². The Bertz CT molecular complexity index is 1090. The molecule has 0 bridgehead atoms. The van der Waals surface area contributed by atoms with E-state index in [1.165, 1.54) is 23.8 Å². The molecule has 10 nitrogen and oxygen atoms in total. The van der Waals surface area contributed by atoms with Gasteiger partial charge in [-0.25, -0.2) is 23.8 Å². The Labute approximate surface area is 161 Å². The second-order valence-electron chi connectivity index (χ2n) is 6.24. The van der Waals surface area contributed by atoms with Crippen molar-refractivity contribution in [3.63, 3.8) is 0 Å². The lowest BCUT2D eigenvalue weighted by Crippen LogP contribution is -2.32. The first-order valence-corrected chi connectivity index (χ1v) is 10.2. The van der Waals surface area contributed by atoms with Crippen molar-refractivity contribution >= 4 is 16.5 Å². The second-order valence-corrected chi connectivity index (χ2v) is 7.99. The number of rotatable bonds is 7. The van der Waals surface area contributed by atoms with Gasteiger partial charge in [0.1, 0.15) is 5.82 Å².